The zero-order chi connectivity index (χ0) is 16.4. The molecule has 0 unspecified atom stereocenters. The van der Waals surface area contributed by atoms with Gasteiger partial charge in [-0.05, 0) is 35.9 Å². The van der Waals surface area contributed by atoms with Gasteiger partial charge in [-0.1, -0.05) is 28.1 Å². The fraction of sp³-hybridized carbons (Fsp3) is 0. The van der Waals surface area contributed by atoms with Gasteiger partial charge in [-0.15, -0.1) is 0 Å². The summed E-state index contributed by atoms with van der Waals surface area (Å²) in [6, 6.07) is 11.4. The molecule has 0 saturated heterocycles. The number of hydrogen-bond acceptors (Lipinski definition) is 3. The number of nitrogen functional groups attached to an aromatic ring is 1. The molecule has 116 valence electrons. The number of halogens is 2. The highest BCUT2D eigenvalue weighted by Gasteiger charge is 2.12. The molecule has 0 atom stereocenters. The average Bonchev–Trinajstić information content (AvgIpc) is 2.94. The molecule has 1 heterocycles. The van der Waals surface area contributed by atoms with Gasteiger partial charge in [0.05, 0.1) is 17.5 Å². The van der Waals surface area contributed by atoms with E-state index in [4.69, 9.17) is 5.73 Å². The van der Waals surface area contributed by atoms with Gasteiger partial charge < -0.3 is 16.0 Å². The molecule has 0 aliphatic rings. The highest BCUT2D eigenvalue weighted by molar-refractivity contribution is 9.10. The summed E-state index contributed by atoms with van der Waals surface area (Å²) < 4.78 is 14.4. The Hall–Kier alpha value is -2.67. The van der Waals surface area contributed by atoms with Crippen LogP contribution in [0.15, 0.2) is 53.1 Å². The largest absolute Gasteiger partial charge is 0.369 e. The minimum atomic E-state index is -0.582. The summed E-state index contributed by atoms with van der Waals surface area (Å²) in [5.74, 6) is -0.752. The first kappa shape index (κ1) is 15.2. The van der Waals surface area contributed by atoms with Gasteiger partial charge in [0.2, 0.25) is 0 Å². The maximum Gasteiger partial charge on any atom is 0.258 e. The lowest BCUT2D eigenvalue weighted by molar-refractivity contribution is 0.102. The van der Waals surface area contributed by atoms with Crippen molar-refractivity contribution in [1.29, 1.82) is 0 Å². The molecule has 7 heteroatoms. The van der Waals surface area contributed by atoms with Crippen molar-refractivity contribution in [3.05, 3.63) is 64.5 Å². The van der Waals surface area contributed by atoms with Gasteiger partial charge in [0.1, 0.15) is 5.82 Å². The fourth-order valence-corrected chi connectivity index (χ4v) is 2.42. The SMILES string of the molecule is Nc1ncc(-c2ccc(NC(=O)c3ccc(Br)cc3F)cc2)[nH]1. The maximum absolute atomic E-state index is 13.8. The molecule has 0 bridgehead atoms. The Morgan fingerprint density at radius 1 is 1.22 bits per heavy atom. The van der Waals surface area contributed by atoms with E-state index >= 15 is 0 Å². The molecule has 0 spiro atoms. The van der Waals surface area contributed by atoms with Gasteiger partial charge in [0, 0.05) is 10.2 Å². The average molecular weight is 375 g/mol. The van der Waals surface area contributed by atoms with Crippen LogP contribution in [0.4, 0.5) is 16.0 Å². The first-order valence-corrected chi connectivity index (χ1v) is 7.49. The third-order valence-corrected chi connectivity index (χ3v) is 3.72. The number of nitrogens with zero attached hydrogens (tertiary/aromatic N) is 1. The molecule has 3 aromatic rings. The minimum absolute atomic E-state index is 0.0152. The van der Waals surface area contributed by atoms with Crippen LogP contribution in [0.25, 0.3) is 11.3 Å². The summed E-state index contributed by atoms with van der Waals surface area (Å²) in [6.07, 6.45) is 1.63. The van der Waals surface area contributed by atoms with Crippen LogP contribution in [0.3, 0.4) is 0 Å². The number of nitrogens with two attached hydrogens (primary N) is 1. The summed E-state index contributed by atoms with van der Waals surface area (Å²) >= 11 is 3.16. The molecule has 0 aliphatic carbocycles. The Morgan fingerprint density at radius 2 is 1.96 bits per heavy atom. The van der Waals surface area contributed by atoms with Crippen molar-refractivity contribution in [1.82, 2.24) is 9.97 Å². The third-order valence-electron chi connectivity index (χ3n) is 3.23. The van der Waals surface area contributed by atoms with Crippen LogP contribution >= 0.6 is 15.9 Å². The number of nitrogens with one attached hydrogen (secondary N) is 2. The Balaban J connectivity index is 1.76. The van der Waals surface area contributed by atoms with E-state index in [1.54, 1.807) is 36.5 Å². The van der Waals surface area contributed by atoms with E-state index in [1.165, 1.54) is 12.1 Å². The third kappa shape index (κ3) is 3.40. The predicted octanol–water partition coefficient (Wildman–Crippen LogP) is 3.81. The number of rotatable bonds is 3. The first-order chi connectivity index (χ1) is 11.0. The van der Waals surface area contributed by atoms with Crippen LogP contribution in [-0.2, 0) is 0 Å². The van der Waals surface area contributed by atoms with Gasteiger partial charge in [0.15, 0.2) is 5.95 Å². The van der Waals surface area contributed by atoms with E-state index in [9.17, 15) is 9.18 Å². The van der Waals surface area contributed by atoms with Crippen LogP contribution in [0.5, 0.6) is 0 Å². The van der Waals surface area contributed by atoms with Crippen molar-refractivity contribution in [3.63, 3.8) is 0 Å². The fourth-order valence-electron chi connectivity index (χ4n) is 2.09. The molecule has 23 heavy (non-hydrogen) atoms. The summed E-state index contributed by atoms with van der Waals surface area (Å²) in [5.41, 5.74) is 7.74. The zero-order valence-electron chi connectivity index (χ0n) is 11.8. The molecule has 0 radical (unpaired) electrons. The number of hydrogen-bond donors (Lipinski definition) is 3. The van der Waals surface area contributed by atoms with E-state index in [1.807, 2.05) is 0 Å². The van der Waals surface area contributed by atoms with Crippen molar-refractivity contribution in [2.45, 2.75) is 0 Å². The number of carbonyl (C=O) groups excluding carboxylic acids is 1. The highest BCUT2D eigenvalue weighted by atomic mass is 79.9. The van der Waals surface area contributed by atoms with E-state index in [0.717, 1.165) is 11.3 Å². The lowest BCUT2D eigenvalue weighted by atomic mass is 10.1. The van der Waals surface area contributed by atoms with Crippen LogP contribution in [0, 0.1) is 5.82 Å². The summed E-state index contributed by atoms with van der Waals surface area (Å²) in [5, 5.41) is 2.66. The number of aromatic nitrogens is 2. The molecule has 0 fully saturated rings. The van der Waals surface area contributed by atoms with Crippen molar-refractivity contribution in [3.8, 4) is 11.3 Å². The molecule has 3 rings (SSSR count). The van der Waals surface area contributed by atoms with Crippen molar-refractivity contribution in [2.24, 2.45) is 0 Å². The number of benzene rings is 2. The standard InChI is InChI=1S/C16H12BrFN4O/c17-10-3-6-12(13(18)7-10)15(23)21-11-4-1-9(2-5-11)14-8-20-16(19)22-14/h1-8H,(H,21,23)(H3,19,20,22). The second-order valence-electron chi connectivity index (χ2n) is 4.84. The quantitative estimate of drug-likeness (QED) is 0.651. The lowest BCUT2D eigenvalue weighted by Gasteiger charge is -2.07. The van der Waals surface area contributed by atoms with Gasteiger partial charge in [-0.25, -0.2) is 9.37 Å². The number of amides is 1. The number of aromatic amines is 1. The smallest absolute Gasteiger partial charge is 0.258 e. The van der Waals surface area contributed by atoms with Gasteiger partial charge >= 0.3 is 0 Å². The maximum atomic E-state index is 13.8. The molecule has 4 N–H and O–H groups in total. The number of imidazole rings is 1. The van der Waals surface area contributed by atoms with Gasteiger partial charge in [-0.3, -0.25) is 4.79 Å². The number of anilines is 2. The molecule has 0 aliphatic heterocycles. The Labute approximate surface area is 139 Å². The Morgan fingerprint density at radius 3 is 2.57 bits per heavy atom. The first-order valence-electron chi connectivity index (χ1n) is 6.70. The highest BCUT2D eigenvalue weighted by Crippen LogP contribution is 2.21. The number of carbonyl (C=O) groups is 1. The van der Waals surface area contributed by atoms with E-state index < -0.39 is 11.7 Å². The molecular formula is C16H12BrFN4O. The second kappa shape index (κ2) is 6.21. The molecule has 2 aromatic carbocycles. The van der Waals surface area contributed by atoms with Gasteiger partial charge in [-0.2, -0.15) is 0 Å². The van der Waals surface area contributed by atoms with Crippen LogP contribution in [0.2, 0.25) is 0 Å². The lowest BCUT2D eigenvalue weighted by Crippen LogP contribution is -2.13. The monoisotopic (exact) mass is 374 g/mol. The van der Waals surface area contributed by atoms with Crippen molar-refractivity contribution in [2.75, 3.05) is 11.1 Å². The Bertz CT molecular complexity index is 861. The van der Waals surface area contributed by atoms with E-state index in [2.05, 4.69) is 31.2 Å². The molecule has 0 saturated carbocycles. The Kier molecular flexibility index (Phi) is 4.12. The topological polar surface area (TPSA) is 83.8 Å². The number of H-pyrrole nitrogens is 1. The van der Waals surface area contributed by atoms with Crippen LogP contribution in [-0.4, -0.2) is 15.9 Å². The van der Waals surface area contributed by atoms with Crippen LogP contribution < -0.4 is 11.1 Å². The van der Waals surface area contributed by atoms with E-state index in [0.29, 0.717) is 16.1 Å². The molecule has 1 aromatic heterocycles. The predicted molar refractivity (Wildman–Crippen MR) is 90.5 cm³/mol. The summed E-state index contributed by atoms with van der Waals surface area (Å²) in [4.78, 5) is 18.9. The second-order valence-corrected chi connectivity index (χ2v) is 5.75. The normalized spacial score (nSPS) is 10.5. The molecule has 5 nitrogen and oxygen atoms in total. The van der Waals surface area contributed by atoms with Crippen LogP contribution in [0.1, 0.15) is 10.4 Å². The zero-order valence-corrected chi connectivity index (χ0v) is 13.4. The van der Waals surface area contributed by atoms with E-state index in [-0.39, 0.29) is 5.56 Å². The molecule has 1 amide bonds. The summed E-state index contributed by atoms with van der Waals surface area (Å²) in [6.45, 7) is 0. The van der Waals surface area contributed by atoms with Crippen molar-refractivity contribution >= 4 is 33.5 Å². The minimum Gasteiger partial charge on any atom is -0.369 e. The molecular weight excluding hydrogens is 363 g/mol. The van der Waals surface area contributed by atoms with Crippen molar-refractivity contribution < 1.29 is 9.18 Å². The summed E-state index contributed by atoms with van der Waals surface area (Å²) in [7, 11) is 0. The van der Waals surface area contributed by atoms with Gasteiger partial charge in [0.25, 0.3) is 5.91 Å².